The third kappa shape index (κ3) is 7.61. The zero-order chi connectivity index (χ0) is 44.7. The lowest BCUT2D eigenvalue weighted by atomic mass is 9.44. The van der Waals surface area contributed by atoms with Gasteiger partial charge >= 0.3 is 6.09 Å². The predicted molar refractivity (Wildman–Crippen MR) is 247 cm³/mol. The largest absolute Gasteiger partial charge is 0.449 e. The van der Waals surface area contributed by atoms with Gasteiger partial charge in [0.25, 0.3) is 0 Å². The summed E-state index contributed by atoms with van der Waals surface area (Å²) in [4.78, 5) is 30.2. The lowest BCUT2D eigenvalue weighted by Crippen LogP contribution is -2.56. The number of hydrogen-bond donors (Lipinski definition) is 4. The van der Waals surface area contributed by atoms with E-state index in [1.165, 1.54) is 89.1 Å². The topological polar surface area (TPSA) is 161 Å². The summed E-state index contributed by atoms with van der Waals surface area (Å²) in [6.07, 6.45) is 13.5. The fourth-order valence-electron chi connectivity index (χ4n) is 15.3. The summed E-state index contributed by atoms with van der Waals surface area (Å²) in [6.45, 7) is 14.7. The first-order valence-electron chi connectivity index (χ1n) is 24.2. The zero-order valence-corrected chi connectivity index (χ0v) is 40.4. The molecule has 6 N–H and O–H groups in total. The Bertz CT molecular complexity index is 1980. The molecule has 3 heterocycles. The molecular formula is C50H74N4O7S2. The van der Waals surface area contributed by atoms with Gasteiger partial charge in [-0.05, 0) is 135 Å². The van der Waals surface area contributed by atoms with Crippen LogP contribution in [0.2, 0.25) is 0 Å². The minimum absolute atomic E-state index is 0.0609. The lowest BCUT2D eigenvalue weighted by molar-refractivity contribution is -0.206. The highest BCUT2D eigenvalue weighted by Crippen LogP contribution is 2.69. The molecule has 1 amide bonds. The summed E-state index contributed by atoms with van der Waals surface area (Å²) in [6, 6.07) is 7.86. The van der Waals surface area contributed by atoms with Crippen LogP contribution in [0.1, 0.15) is 124 Å². The van der Waals surface area contributed by atoms with Gasteiger partial charge in [0.15, 0.2) is 5.72 Å². The van der Waals surface area contributed by atoms with E-state index < -0.39 is 36.3 Å². The van der Waals surface area contributed by atoms with Crippen LogP contribution in [-0.4, -0.2) is 87.7 Å². The van der Waals surface area contributed by atoms with Crippen molar-refractivity contribution in [1.29, 1.82) is 0 Å². The van der Waals surface area contributed by atoms with E-state index in [-0.39, 0.29) is 36.3 Å². The van der Waals surface area contributed by atoms with E-state index in [0.29, 0.717) is 33.9 Å². The van der Waals surface area contributed by atoms with Gasteiger partial charge < -0.3 is 40.8 Å². The van der Waals surface area contributed by atoms with Crippen molar-refractivity contribution < 1.29 is 34.0 Å². The van der Waals surface area contributed by atoms with Crippen LogP contribution in [0.3, 0.4) is 0 Å². The predicted octanol–water partition coefficient (Wildman–Crippen LogP) is 8.58. The number of hydrogen-bond acceptors (Lipinski definition) is 12. The van der Waals surface area contributed by atoms with Gasteiger partial charge in [-0.25, -0.2) is 9.69 Å². The van der Waals surface area contributed by atoms with Gasteiger partial charge in [-0.1, -0.05) is 87.6 Å². The van der Waals surface area contributed by atoms with E-state index in [2.05, 4.69) is 69.7 Å². The molecular weight excluding hydrogens is 833 g/mol. The molecule has 2 saturated heterocycles. The molecule has 4 saturated carbocycles. The fraction of sp³-hybridized carbons (Fsp3) is 0.760. The quantitative estimate of drug-likeness (QED) is 0.0756. The third-order valence-corrected chi connectivity index (χ3v) is 21.5. The smallest absolute Gasteiger partial charge is 0.404 e. The SMILES string of the molecule is COC12C(COC(N)=O)C3=C(C(=O)C(C)=C(N)C3O)N1CC1C2N1C(O)OCc1ccc(SSC2CCC3(C)C(CCC4C3CCC3(C)C(C(C)CCCC(C)C)CCC43)C2)cc1. The molecule has 16 atom stereocenters. The molecule has 5 aliphatic carbocycles. The van der Waals surface area contributed by atoms with Crippen LogP contribution in [0.15, 0.2) is 51.7 Å². The summed E-state index contributed by atoms with van der Waals surface area (Å²) in [5, 5.41) is 23.3. The molecule has 0 bridgehead atoms. The summed E-state index contributed by atoms with van der Waals surface area (Å²) in [5.41, 5.74) is 13.3. The summed E-state index contributed by atoms with van der Waals surface area (Å²) < 4.78 is 17.5. The minimum atomic E-state index is -1.25. The number of nitrogens with two attached hydrogens (primary N) is 2. The van der Waals surface area contributed by atoms with E-state index in [9.17, 15) is 19.8 Å². The molecule has 0 aromatic heterocycles. The third-order valence-electron chi connectivity index (χ3n) is 18.6. The van der Waals surface area contributed by atoms with E-state index in [1.807, 2.05) is 20.6 Å². The molecule has 63 heavy (non-hydrogen) atoms. The molecule has 16 unspecified atom stereocenters. The van der Waals surface area contributed by atoms with Crippen molar-refractivity contribution in [3.63, 3.8) is 0 Å². The highest BCUT2D eigenvalue weighted by atomic mass is 33.1. The van der Waals surface area contributed by atoms with Crippen LogP contribution in [0.5, 0.6) is 0 Å². The van der Waals surface area contributed by atoms with Gasteiger partial charge in [0.1, 0.15) is 12.7 Å². The first-order valence-corrected chi connectivity index (χ1v) is 26.4. The molecule has 3 aliphatic heterocycles. The normalized spacial score (nSPS) is 41.1. The lowest BCUT2D eigenvalue weighted by Gasteiger charge is -2.61. The average Bonchev–Trinajstić information content (AvgIpc) is 3.55. The van der Waals surface area contributed by atoms with Gasteiger partial charge in [0.05, 0.1) is 30.3 Å². The number of methoxy groups -OCH3 is 1. The van der Waals surface area contributed by atoms with E-state index in [1.54, 1.807) is 6.92 Å². The Morgan fingerprint density at radius 1 is 1.00 bits per heavy atom. The number of nitrogens with zero attached hydrogens (tertiary/aromatic N) is 2. The summed E-state index contributed by atoms with van der Waals surface area (Å²) in [5.74, 6) is 5.19. The number of rotatable bonds is 15. The van der Waals surface area contributed by atoms with Gasteiger partial charge in [0, 0.05) is 40.6 Å². The summed E-state index contributed by atoms with van der Waals surface area (Å²) >= 11 is 0. The highest BCUT2D eigenvalue weighted by molar-refractivity contribution is 8.76. The first-order chi connectivity index (χ1) is 30.0. The molecule has 348 valence electrons. The van der Waals surface area contributed by atoms with E-state index in [4.69, 9.17) is 25.7 Å². The maximum absolute atomic E-state index is 13.6. The van der Waals surface area contributed by atoms with Crippen LogP contribution in [0, 0.1) is 58.2 Å². The van der Waals surface area contributed by atoms with Gasteiger partial charge in [-0.2, -0.15) is 0 Å². The van der Waals surface area contributed by atoms with Crippen molar-refractivity contribution in [3.8, 4) is 0 Å². The van der Waals surface area contributed by atoms with Crippen molar-refractivity contribution in [2.45, 2.75) is 166 Å². The molecule has 8 aliphatic rings. The standard InChI is InChI=1S/C50H74N4O7S2/c1-27(2)9-8-10-28(3)35-17-18-36-34-16-13-31-23-33(19-21-48(31,5)37(34)20-22-49(35,36)6)63-62-32-14-11-30(12-15-32)25-61-47(58)54-39-24-53-42-40(44(56)41(51)29(4)43(42)55)38(26-60-46(52)57)50(53,59-7)45(39)54/h11-12,14-15,27-28,31,33-39,44-45,47,56,58H,8-10,13,16-26,51H2,1-7H3,(H2,52,57). The van der Waals surface area contributed by atoms with Crippen molar-refractivity contribution in [1.82, 2.24) is 9.80 Å². The van der Waals surface area contributed by atoms with Crippen molar-refractivity contribution >= 4 is 33.5 Å². The van der Waals surface area contributed by atoms with Crippen LogP contribution >= 0.6 is 21.6 Å². The van der Waals surface area contributed by atoms with E-state index in [0.717, 1.165) is 47.0 Å². The van der Waals surface area contributed by atoms with Crippen molar-refractivity contribution in [2.75, 3.05) is 20.3 Å². The second-order valence-electron chi connectivity index (χ2n) is 21.9. The van der Waals surface area contributed by atoms with Crippen LogP contribution < -0.4 is 11.5 Å². The van der Waals surface area contributed by atoms with Crippen LogP contribution in [0.25, 0.3) is 0 Å². The molecule has 0 spiro atoms. The number of ether oxygens (including phenoxy) is 3. The number of primary amides is 1. The fourth-order valence-corrected chi connectivity index (χ4v) is 18.0. The number of Topliss-reactive ketones (excluding diaryl/α,β-unsaturated/α-hetero) is 1. The van der Waals surface area contributed by atoms with Crippen LogP contribution in [-0.2, 0) is 25.6 Å². The van der Waals surface area contributed by atoms with Crippen molar-refractivity contribution in [2.24, 2.45) is 69.6 Å². The number of piperazine rings is 1. The average molecular weight is 907 g/mol. The second-order valence-corrected chi connectivity index (χ2v) is 24.4. The number of allylic oxidation sites excluding steroid dienone is 1. The Hall–Kier alpha value is -2.26. The van der Waals surface area contributed by atoms with Gasteiger partial charge in [0.2, 0.25) is 12.2 Å². The number of amides is 1. The molecule has 1 aromatic rings. The Balaban J connectivity index is 0.760. The highest BCUT2D eigenvalue weighted by Gasteiger charge is 2.77. The van der Waals surface area contributed by atoms with E-state index >= 15 is 0 Å². The number of fused-ring (bicyclic) bond motifs is 9. The number of carbonyl (C=O) groups is 2. The second kappa shape index (κ2) is 17.4. The van der Waals surface area contributed by atoms with Gasteiger partial charge in [-0.15, -0.1) is 0 Å². The number of ketones is 1. The Kier molecular flexibility index (Phi) is 12.7. The minimum Gasteiger partial charge on any atom is -0.449 e. The number of carbonyl (C=O) groups excluding carboxylic acids is 2. The maximum Gasteiger partial charge on any atom is 0.404 e. The monoisotopic (exact) mass is 906 g/mol. The molecule has 1 aromatic carbocycles. The molecule has 6 fully saturated rings. The van der Waals surface area contributed by atoms with Gasteiger partial charge in [-0.3, -0.25) is 4.79 Å². The number of aliphatic hydroxyl groups is 2. The van der Waals surface area contributed by atoms with Crippen LogP contribution in [0.4, 0.5) is 4.79 Å². The maximum atomic E-state index is 13.6. The molecule has 9 rings (SSSR count). The molecule has 11 nitrogen and oxygen atoms in total. The molecule has 13 heteroatoms. The Morgan fingerprint density at radius 2 is 1.73 bits per heavy atom. The Labute approximate surface area is 383 Å². The molecule has 0 radical (unpaired) electrons. The Morgan fingerprint density at radius 3 is 2.44 bits per heavy atom. The zero-order valence-electron chi connectivity index (χ0n) is 38.7. The number of benzene rings is 1. The number of aliphatic hydroxyl groups excluding tert-OH is 2. The van der Waals surface area contributed by atoms with Crippen molar-refractivity contribution in [3.05, 3.63) is 52.4 Å². The first kappa shape index (κ1) is 45.9. The summed E-state index contributed by atoms with van der Waals surface area (Å²) in [7, 11) is 5.49.